The summed E-state index contributed by atoms with van der Waals surface area (Å²) in [5.74, 6) is -0.791. The zero-order valence-electron chi connectivity index (χ0n) is 10.8. The number of thiophene rings is 1. The number of ether oxygens (including phenoxy) is 1. The molecular formula is C15H11NO3S. The molecule has 0 saturated heterocycles. The highest BCUT2D eigenvalue weighted by atomic mass is 32.1. The summed E-state index contributed by atoms with van der Waals surface area (Å²) in [5.41, 5.74) is 0.783. The molecule has 0 aliphatic rings. The van der Waals surface area contributed by atoms with Gasteiger partial charge in [-0.05, 0) is 43.3 Å². The molecule has 0 N–H and O–H groups in total. The molecule has 2 rings (SSSR count). The summed E-state index contributed by atoms with van der Waals surface area (Å²) in [6, 6.07) is 11.6. The summed E-state index contributed by atoms with van der Waals surface area (Å²) in [4.78, 5) is 25.1. The van der Waals surface area contributed by atoms with E-state index < -0.39 is 5.97 Å². The molecule has 0 unspecified atom stereocenters. The van der Waals surface area contributed by atoms with Crippen LogP contribution < -0.4 is 0 Å². The second kappa shape index (κ2) is 6.13. The number of ketones is 1. The van der Waals surface area contributed by atoms with E-state index in [1.54, 1.807) is 6.07 Å². The van der Waals surface area contributed by atoms with Crippen LogP contribution in [-0.2, 0) is 4.74 Å². The van der Waals surface area contributed by atoms with E-state index in [1.807, 2.05) is 19.1 Å². The van der Waals surface area contributed by atoms with Gasteiger partial charge in [0.2, 0.25) is 5.78 Å². The number of benzene rings is 1. The van der Waals surface area contributed by atoms with Gasteiger partial charge >= 0.3 is 5.97 Å². The lowest BCUT2D eigenvalue weighted by Crippen LogP contribution is -2.13. The second-order valence-electron chi connectivity index (χ2n) is 4.10. The lowest BCUT2D eigenvalue weighted by Gasteiger charge is -2.03. The van der Waals surface area contributed by atoms with Gasteiger partial charge < -0.3 is 4.74 Å². The number of nitrogens with zero attached hydrogens (tertiary/aromatic N) is 1. The minimum atomic E-state index is -0.573. The van der Waals surface area contributed by atoms with Crippen molar-refractivity contribution in [3.8, 4) is 6.07 Å². The average molecular weight is 285 g/mol. The van der Waals surface area contributed by atoms with Crippen molar-refractivity contribution in [2.45, 2.75) is 6.92 Å². The maximum atomic E-state index is 11.8. The third-order valence-electron chi connectivity index (χ3n) is 2.60. The lowest BCUT2D eigenvalue weighted by atomic mass is 10.1. The Morgan fingerprint density at radius 2 is 1.90 bits per heavy atom. The fourth-order valence-electron chi connectivity index (χ4n) is 1.55. The summed E-state index contributed by atoms with van der Waals surface area (Å²) in [7, 11) is 0. The van der Waals surface area contributed by atoms with Crippen molar-refractivity contribution in [3.05, 3.63) is 57.3 Å². The van der Waals surface area contributed by atoms with Gasteiger partial charge in [0.25, 0.3) is 0 Å². The molecule has 0 saturated carbocycles. The van der Waals surface area contributed by atoms with Crippen molar-refractivity contribution in [1.29, 1.82) is 5.26 Å². The molecule has 0 bridgehead atoms. The molecule has 1 heterocycles. The van der Waals surface area contributed by atoms with E-state index in [2.05, 4.69) is 0 Å². The Morgan fingerprint density at radius 1 is 1.20 bits per heavy atom. The van der Waals surface area contributed by atoms with E-state index in [-0.39, 0.29) is 12.4 Å². The maximum Gasteiger partial charge on any atom is 0.338 e. The monoisotopic (exact) mass is 285 g/mol. The SMILES string of the molecule is Cc1ccc(C(=O)COC(=O)c2ccc(C#N)cc2)s1. The Bertz CT molecular complexity index is 680. The molecule has 0 amide bonds. The molecule has 20 heavy (non-hydrogen) atoms. The topological polar surface area (TPSA) is 67.2 Å². The Hall–Kier alpha value is -2.45. The fourth-order valence-corrected chi connectivity index (χ4v) is 2.34. The normalized spacial score (nSPS) is 9.80. The van der Waals surface area contributed by atoms with Gasteiger partial charge in [0, 0.05) is 4.88 Å². The molecule has 0 fully saturated rings. The van der Waals surface area contributed by atoms with E-state index in [9.17, 15) is 9.59 Å². The van der Waals surface area contributed by atoms with Crippen LogP contribution >= 0.6 is 11.3 Å². The van der Waals surface area contributed by atoms with Gasteiger partial charge in [-0.15, -0.1) is 11.3 Å². The van der Waals surface area contributed by atoms with E-state index in [0.717, 1.165) is 4.88 Å². The highest BCUT2D eigenvalue weighted by Crippen LogP contribution is 2.16. The third-order valence-corrected chi connectivity index (χ3v) is 3.64. The number of carbonyl (C=O) groups is 2. The molecule has 1 aromatic carbocycles. The summed E-state index contributed by atoms with van der Waals surface area (Å²) in [5, 5.41) is 8.66. The molecule has 2 aromatic rings. The van der Waals surface area contributed by atoms with Crippen LogP contribution in [0.3, 0.4) is 0 Å². The predicted octanol–water partition coefficient (Wildman–Crippen LogP) is 2.97. The van der Waals surface area contributed by atoms with E-state index in [0.29, 0.717) is 16.0 Å². The number of esters is 1. The van der Waals surface area contributed by atoms with Crippen LogP contribution in [0.4, 0.5) is 0 Å². The molecule has 100 valence electrons. The number of carbonyl (C=O) groups excluding carboxylic acids is 2. The number of hydrogen-bond donors (Lipinski definition) is 0. The van der Waals surface area contributed by atoms with Gasteiger partial charge in [0.05, 0.1) is 22.1 Å². The van der Waals surface area contributed by atoms with Crippen molar-refractivity contribution in [3.63, 3.8) is 0 Å². The van der Waals surface area contributed by atoms with Crippen LogP contribution in [0.5, 0.6) is 0 Å². The standard InChI is InChI=1S/C15H11NO3S/c1-10-2-7-14(20-10)13(17)9-19-15(18)12-5-3-11(8-16)4-6-12/h2-7H,9H2,1H3. The van der Waals surface area contributed by atoms with E-state index >= 15 is 0 Å². The van der Waals surface area contributed by atoms with Crippen LogP contribution in [-0.4, -0.2) is 18.4 Å². The van der Waals surface area contributed by atoms with Gasteiger partial charge in [-0.2, -0.15) is 5.26 Å². The molecule has 4 nitrogen and oxygen atoms in total. The molecule has 0 atom stereocenters. The number of aryl methyl sites for hydroxylation is 1. The molecular weight excluding hydrogens is 274 g/mol. The summed E-state index contributed by atoms with van der Waals surface area (Å²) >= 11 is 1.37. The first-order chi connectivity index (χ1) is 9.60. The Balaban J connectivity index is 1.95. The lowest BCUT2D eigenvalue weighted by molar-refractivity contribution is 0.0476. The second-order valence-corrected chi connectivity index (χ2v) is 5.39. The van der Waals surface area contributed by atoms with Gasteiger partial charge in [0.1, 0.15) is 0 Å². The van der Waals surface area contributed by atoms with Gasteiger partial charge in [0.15, 0.2) is 6.61 Å². The molecule has 0 aliphatic carbocycles. The van der Waals surface area contributed by atoms with Crippen molar-refractivity contribution in [2.75, 3.05) is 6.61 Å². The van der Waals surface area contributed by atoms with Crippen molar-refractivity contribution >= 4 is 23.1 Å². The quantitative estimate of drug-likeness (QED) is 0.639. The smallest absolute Gasteiger partial charge is 0.338 e. The molecule has 0 radical (unpaired) electrons. The van der Waals surface area contributed by atoms with Gasteiger partial charge in [-0.1, -0.05) is 0 Å². The zero-order chi connectivity index (χ0) is 14.5. The van der Waals surface area contributed by atoms with Gasteiger partial charge in [-0.25, -0.2) is 4.79 Å². The van der Waals surface area contributed by atoms with Crippen molar-refractivity contribution in [2.24, 2.45) is 0 Å². The van der Waals surface area contributed by atoms with Crippen LogP contribution in [0.15, 0.2) is 36.4 Å². The summed E-state index contributed by atoms with van der Waals surface area (Å²) in [6.07, 6.45) is 0. The average Bonchev–Trinajstić information content (AvgIpc) is 2.91. The van der Waals surface area contributed by atoms with Crippen LogP contribution in [0.1, 0.15) is 30.5 Å². The summed E-state index contributed by atoms with van der Waals surface area (Å²) < 4.78 is 4.96. The maximum absolute atomic E-state index is 11.8. The van der Waals surface area contributed by atoms with E-state index in [4.69, 9.17) is 10.00 Å². The highest BCUT2D eigenvalue weighted by molar-refractivity contribution is 7.14. The fraction of sp³-hybridized carbons (Fsp3) is 0.133. The minimum absolute atomic E-state index is 0.218. The molecule has 0 spiro atoms. The van der Waals surface area contributed by atoms with Crippen molar-refractivity contribution in [1.82, 2.24) is 0 Å². The van der Waals surface area contributed by atoms with Gasteiger partial charge in [-0.3, -0.25) is 4.79 Å². The molecule has 0 aliphatic heterocycles. The van der Waals surface area contributed by atoms with Crippen LogP contribution in [0, 0.1) is 18.3 Å². The highest BCUT2D eigenvalue weighted by Gasteiger charge is 2.13. The number of hydrogen-bond acceptors (Lipinski definition) is 5. The van der Waals surface area contributed by atoms with Crippen LogP contribution in [0.2, 0.25) is 0 Å². The first-order valence-corrected chi connectivity index (χ1v) is 6.69. The predicted molar refractivity (Wildman–Crippen MR) is 74.8 cm³/mol. The Kier molecular flexibility index (Phi) is 4.28. The molecule has 5 heteroatoms. The third kappa shape index (κ3) is 3.31. The van der Waals surface area contributed by atoms with E-state index in [1.165, 1.54) is 35.6 Å². The minimum Gasteiger partial charge on any atom is -0.454 e. The number of nitriles is 1. The largest absolute Gasteiger partial charge is 0.454 e. The summed E-state index contributed by atoms with van der Waals surface area (Å²) in [6.45, 7) is 1.63. The Morgan fingerprint density at radius 3 is 2.45 bits per heavy atom. The van der Waals surface area contributed by atoms with Crippen molar-refractivity contribution < 1.29 is 14.3 Å². The van der Waals surface area contributed by atoms with Crippen LogP contribution in [0.25, 0.3) is 0 Å². The number of rotatable bonds is 4. The Labute approximate surface area is 120 Å². The first kappa shape index (κ1) is 14.0. The number of Topliss-reactive ketones (excluding diaryl/α,β-unsaturated/α-hetero) is 1. The zero-order valence-corrected chi connectivity index (χ0v) is 11.6. The molecule has 1 aromatic heterocycles. The first-order valence-electron chi connectivity index (χ1n) is 5.87.